The summed E-state index contributed by atoms with van der Waals surface area (Å²) in [5, 5.41) is 0. The number of hydrogen-bond donors (Lipinski definition) is 0. The zero-order valence-electron chi connectivity index (χ0n) is 20.8. The molecule has 0 bridgehead atoms. The van der Waals surface area contributed by atoms with Gasteiger partial charge in [0.05, 0.1) is 6.42 Å². The van der Waals surface area contributed by atoms with E-state index in [-0.39, 0.29) is 38.3 Å². The van der Waals surface area contributed by atoms with E-state index in [2.05, 4.69) is 0 Å². The molecular formula is C31H29ClO6. The Morgan fingerprint density at radius 2 is 1.00 bits per heavy atom. The van der Waals surface area contributed by atoms with Crippen LogP contribution in [0.4, 0.5) is 0 Å². The highest BCUT2D eigenvalue weighted by Gasteiger charge is 2.17. The van der Waals surface area contributed by atoms with Crippen molar-refractivity contribution in [3.05, 3.63) is 109 Å². The number of hydrogen-bond acceptors (Lipinski definition) is 6. The lowest BCUT2D eigenvalue weighted by Gasteiger charge is -2.19. The van der Waals surface area contributed by atoms with Gasteiger partial charge in [0.2, 0.25) is 6.79 Å². The molecule has 1 atom stereocenters. The molecule has 4 rings (SSSR count). The number of rotatable bonds is 14. The Hall–Kier alpha value is -4.16. The highest BCUT2D eigenvalue weighted by atomic mass is 35.5. The minimum absolute atomic E-state index is 0.127. The SMILES string of the molecule is O=C(CCCl)OC(COc1ccccc1)COc1ccc(-c2ccc(OCOc3ccccc3)cc2)cc1. The van der Waals surface area contributed by atoms with Crippen molar-refractivity contribution in [3.8, 4) is 34.1 Å². The summed E-state index contributed by atoms with van der Waals surface area (Å²) in [4.78, 5) is 12.0. The van der Waals surface area contributed by atoms with Crippen molar-refractivity contribution < 1.29 is 28.5 Å². The number of halogens is 1. The van der Waals surface area contributed by atoms with E-state index in [1.807, 2.05) is 109 Å². The zero-order chi connectivity index (χ0) is 26.4. The highest BCUT2D eigenvalue weighted by Crippen LogP contribution is 2.25. The number of benzene rings is 4. The van der Waals surface area contributed by atoms with Crippen molar-refractivity contribution in [1.82, 2.24) is 0 Å². The topological polar surface area (TPSA) is 63.2 Å². The van der Waals surface area contributed by atoms with Gasteiger partial charge in [-0.25, -0.2) is 0 Å². The van der Waals surface area contributed by atoms with Crippen LogP contribution in [0.15, 0.2) is 109 Å². The van der Waals surface area contributed by atoms with Crippen molar-refractivity contribution in [2.45, 2.75) is 12.5 Å². The maximum absolute atomic E-state index is 12.0. The van der Waals surface area contributed by atoms with Gasteiger partial charge in [0, 0.05) is 5.88 Å². The van der Waals surface area contributed by atoms with Crippen LogP contribution >= 0.6 is 11.6 Å². The Morgan fingerprint density at radius 3 is 1.47 bits per heavy atom. The van der Waals surface area contributed by atoms with Crippen LogP contribution in [-0.2, 0) is 9.53 Å². The van der Waals surface area contributed by atoms with Crippen LogP contribution in [0, 0.1) is 0 Å². The van der Waals surface area contributed by atoms with Crippen LogP contribution in [-0.4, -0.2) is 38.0 Å². The molecule has 0 aromatic heterocycles. The summed E-state index contributed by atoms with van der Waals surface area (Å²) in [6, 6.07) is 34.3. The maximum atomic E-state index is 12.0. The molecule has 6 nitrogen and oxygen atoms in total. The van der Waals surface area contributed by atoms with Gasteiger partial charge in [-0.2, -0.15) is 0 Å². The van der Waals surface area contributed by atoms with E-state index in [9.17, 15) is 4.79 Å². The molecule has 0 amide bonds. The second kappa shape index (κ2) is 14.5. The third-order valence-electron chi connectivity index (χ3n) is 5.45. The average molecular weight is 533 g/mol. The molecule has 0 N–H and O–H groups in total. The van der Waals surface area contributed by atoms with Crippen LogP contribution in [0.25, 0.3) is 11.1 Å². The van der Waals surface area contributed by atoms with E-state index in [1.54, 1.807) is 0 Å². The first-order chi connectivity index (χ1) is 18.7. The lowest BCUT2D eigenvalue weighted by atomic mass is 10.1. The summed E-state index contributed by atoms with van der Waals surface area (Å²) in [6.07, 6.45) is -0.453. The van der Waals surface area contributed by atoms with Crippen molar-refractivity contribution in [1.29, 1.82) is 0 Å². The smallest absolute Gasteiger partial charge is 0.307 e. The number of esters is 1. The van der Waals surface area contributed by atoms with Crippen molar-refractivity contribution >= 4 is 17.6 Å². The molecular weight excluding hydrogens is 504 g/mol. The standard InChI is InChI=1S/C31H29ClO6/c32-20-19-31(33)38-30(21-34-26-7-3-1-4-8-26)22-35-28-15-11-24(12-16-28)25-13-17-29(18-14-25)37-23-36-27-9-5-2-6-10-27/h1-18,30H,19-23H2. The molecule has 196 valence electrons. The van der Waals surface area contributed by atoms with E-state index in [0.717, 1.165) is 22.6 Å². The lowest BCUT2D eigenvalue weighted by molar-refractivity contribution is -0.151. The van der Waals surface area contributed by atoms with Crippen LogP contribution in [0.1, 0.15) is 6.42 Å². The van der Waals surface area contributed by atoms with E-state index >= 15 is 0 Å². The lowest BCUT2D eigenvalue weighted by Crippen LogP contribution is -2.31. The third kappa shape index (κ3) is 8.75. The van der Waals surface area contributed by atoms with Crippen molar-refractivity contribution in [2.24, 2.45) is 0 Å². The molecule has 7 heteroatoms. The van der Waals surface area contributed by atoms with Crippen LogP contribution in [0.3, 0.4) is 0 Å². The Balaban J connectivity index is 1.28. The van der Waals surface area contributed by atoms with E-state index in [0.29, 0.717) is 11.5 Å². The molecule has 0 saturated heterocycles. The van der Waals surface area contributed by atoms with Gasteiger partial charge in [-0.05, 0) is 59.7 Å². The van der Waals surface area contributed by atoms with E-state index < -0.39 is 6.10 Å². The predicted molar refractivity (Wildman–Crippen MR) is 147 cm³/mol. The Labute approximate surface area is 227 Å². The first-order valence-corrected chi connectivity index (χ1v) is 12.8. The molecule has 4 aromatic carbocycles. The van der Waals surface area contributed by atoms with Gasteiger partial charge < -0.3 is 23.7 Å². The summed E-state index contributed by atoms with van der Waals surface area (Å²) in [5.41, 5.74) is 2.07. The van der Waals surface area contributed by atoms with Gasteiger partial charge in [0.25, 0.3) is 0 Å². The van der Waals surface area contributed by atoms with Gasteiger partial charge in [0.15, 0.2) is 6.10 Å². The number of para-hydroxylation sites is 2. The fraction of sp³-hybridized carbons (Fsp3) is 0.194. The second-order valence-electron chi connectivity index (χ2n) is 8.25. The second-order valence-corrected chi connectivity index (χ2v) is 8.63. The fourth-order valence-corrected chi connectivity index (χ4v) is 3.66. The number of ether oxygens (including phenoxy) is 5. The summed E-state index contributed by atoms with van der Waals surface area (Å²) in [5.74, 6) is 2.63. The molecule has 0 saturated carbocycles. The molecule has 0 aliphatic heterocycles. The predicted octanol–water partition coefficient (Wildman–Crippen LogP) is 6.77. The number of alkyl halides is 1. The first-order valence-electron chi connectivity index (χ1n) is 12.3. The molecule has 0 spiro atoms. The molecule has 0 aliphatic rings. The van der Waals surface area contributed by atoms with Gasteiger partial charge >= 0.3 is 5.97 Å². The molecule has 0 heterocycles. The minimum atomic E-state index is -0.580. The molecule has 0 radical (unpaired) electrons. The summed E-state index contributed by atoms with van der Waals surface area (Å²) in [6.45, 7) is 0.451. The molecule has 0 fully saturated rings. The van der Waals surface area contributed by atoms with Gasteiger partial charge in [0.1, 0.15) is 36.2 Å². The summed E-state index contributed by atoms with van der Waals surface area (Å²) in [7, 11) is 0. The number of carbonyl (C=O) groups excluding carboxylic acids is 1. The van der Waals surface area contributed by atoms with Gasteiger partial charge in [-0.3, -0.25) is 4.79 Å². The van der Waals surface area contributed by atoms with Gasteiger partial charge in [-0.15, -0.1) is 11.6 Å². The Kier molecular flexibility index (Phi) is 10.3. The first kappa shape index (κ1) is 26.9. The van der Waals surface area contributed by atoms with Crippen molar-refractivity contribution in [3.63, 3.8) is 0 Å². The molecule has 38 heavy (non-hydrogen) atoms. The number of carbonyl (C=O) groups is 1. The van der Waals surface area contributed by atoms with Gasteiger partial charge in [-0.1, -0.05) is 60.7 Å². The quantitative estimate of drug-likeness (QED) is 0.101. The Bertz CT molecular complexity index is 1230. The molecule has 1 unspecified atom stereocenters. The highest BCUT2D eigenvalue weighted by molar-refractivity contribution is 6.18. The monoisotopic (exact) mass is 532 g/mol. The van der Waals surface area contributed by atoms with Crippen LogP contribution < -0.4 is 18.9 Å². The normalized spacial score (nSPS) is 11.3. The average Bonchev–Trinajstić information content (AvgIpc) is 2.96. The van der Waals surface area contributed by atoms with Crippen LogP contribution in [0.5, 0.6) is 23.0 Å². The maximum Gasteiger partial charge on any atom is 0.307 e. The molecule has 0 aliphatic carbocycles. The van der Waals surface area contributed by atoms with Crippen molar-refractivity contribution in [2.75, 3.05) is 25.9 Å². The van der Waals surface area contributed by atoms with E-state index in [4.69, 9.17) is 35.3 Å². The Morgan fingerprint density at radius 1 is 0.579 bits per heavy atom. The van der Waals surface area contributed by atoms with E-state index in [1.165, 1.54) is 0 Å². The largest absolute Gasteiger partial charge is 0.490 e. The summed E-state index contributed by atoms with van der Waals surface area (Å²) < 4.78 is 28.4. The van der Waals surface area contributed by atoms with Crippen LogP contribution in [0.2, 0.25) is 0 Å². The minimum Gasteiger partial charge on any atom is -0.490 e. The summed E-state index contributed by atoms with van der Waals surface area (Å²) >= 11 is 5.67. The zero-order valence-corrected chi connectivity index (χ0v) is 21.6. The molecule has 4 aromatic rings. The third-order valence-corrected chi connectivity index (χ3v) is 5.64. The fourth-order valence-electron chi connectivity index (χ4n) is 3.50.